The van der Waals surface area contributed by atoms with E-state index in [0.717, 1.165) is 18.3 Å². The van der Waals surface area contributed by atoms with Crippen molar-refractivity contribution in [2.75, 3.05) is 6.61 Å². The molecule has 2 heteroatoms. The van der Waals surface area contributed by atoms with Crippen LogP contribution in [-0.2, 0) is 9.53 Å². The topological polar surface area (TPSA) is 26.3 Å². The number of carbonyl (C=O) groups is 1. The van der Waals surface area contributed by atoms with E-state index in [0.29, 0.717) is 13.0 Å². The van der Waals surface area contributed by atoms with Gasteiger partial charge in [-0.1, -0.05) is 44.3 Å². The Morgan fingerprint density at radius 1 is 1.12 bits per heavy atom. The van der Waals surface area contributed by atoms with Gasteiger partial charge in [-0.15, -0.1) is 0 Å². The summed E-state index contributed by atoms with van der Waals surface area (Å²) in [5.74, 6) is 1.53. The molecule has 0 aromatic heterocycles. The highest BCUT2D eigenvalue weighted by atomic mass is 16.5. The van der Waals surface area contributed by atoms with E-state index in [9.17, 15) is 4.79 Å². The second kappa shape index (κ2) is 6.83. The van der Waals surface area contributed by atoms with Gasteiger partial charge in [0.1, 0.15) is 6.61 Å². The van der Waals surface area contributed by atoms with E-state index in [4.69, 9.17) is 4.74 Å². The van der Waals surface area contributed by atoms with Crippen molar-refractivity contribution < 1.29 is 9.53 Å². The molecule has 0 N–H and O–H groups in total. The van der Waals surface area contributed by atoms with Gasteiger partial charge >= 0.3 is 5.97 Å². The molecule has 0 aliphatic heterocycles. The van der Waals surface area contributed by atoms with Crippen molar-refractivity contribution in [1.29, 1.82) is 0 Å². The van der Waals surface area contributed by atoms with E-state index >= 15 is 0 Å². The highest BCUT2D eigenvalue weighted by Gasteiger charge is 2.22. The third kappa shape index (κ3) is 5.38. The standard InChI is InChI=1S/C15H24O2/c16-15(11-10-14-8-9-14)17-12-4-7-13-5-2-1-3-6-13/h4,7,13-14H,1-3,5-6,8-12H2/b7-4+. The van der Waals surface area contributed by atoms with Crippen LogP contribution in [0.2, 0.25) is 0 Å². The summed E-state index contributed by atoms with van der Waals surface area (Å²) in [4.78, 5) is 11.4. The lowest BCUT2D eigenvalue weighted by Crippen LogP contribution is -2.06. The van der Waals surface area contributed by atoms with Gasteiger partial charge in [0.2, 0.25) is 0 Å². The molecule has 2 nitrogen and oxygen atoms in total. The van der Waals surface area contributed by atoms with Gasteiger partial charge in [0.05, 0.1) is 0 Å². The summed E-state index contributed by atoms with van der Waals surface area (Å²) in [6.07, 6.45) is 15.3. The first kappa shape index (κ1) is 12.7. The minimum Gasteiger partial charge on any atom is -0.461 e. The maximum atomic E-state index is 11.4. The number of ether oxygens (including phenoxy) is 1. The predicted octanol–water partition coefficient (Wildman–Crippen LogP) is 3.86. The number of rotatable bonds is 6. The number of allylic oxidation sites excluding steroid dienone is 1. The van der Waals surface area contributed by atoms with Crippen molar-refractivity contribution in [3.8, 4) is 0 Å². The fraction of sp³-hybridized carbons (Fsp3) is 0.800. The molecule has 0 atom stereocenters. The lowest BCUT2D eigenvalue weighted by Gasteiger charge is -2.17. The zero-order chi connectivity index (χ0) is 11.9. The van der Waals surface area contributed by atoms with Crippen molar-refractivity contribution in [3.05, 3.63) is 12.2 Å². The van der Waals surface area contributed by atoms with Gasteiger partial charge in [-0.25, -0.2) is 0 Å². The second-order valence-electron chi connectivity index (χ2n) is 5.49. The van der Waals surface area contributed by atoms with Crippen LogP contribution in [0.4, 0.5) is 0 Å². The van der Waals surface area contributed by atoms with Crippen molar-refractivity contribution in [2.45, 2.75) is 57.8 Å². The van der Waals surface area contributed by atoms with E-state index in [1.807, 2.05) is 6.08 Å². The molecule has 0 spiro atoms. The maximum Gasteiger partial charge on any atom is 0.306 e. The zero-order valence-corrected chi connectivity index (χ0v) is 10.7. The Hall–Kier alpha value is -0.790. The Balaban J connectivity index is 1.51. The summed E-state index contributed by atoms with van der Waals surface area (Å²) < 4.78 is 5.19. The van der Waals surface area contributed by atoms with Crippen LogP contribution in [0.1, 0.15) is 57.8 Å². The van der Waals surface area contributed by atoms with Crippen LogP contribution in [0.25, 0.3) is 0 Å². The fourth-order valence-electron chi connectivity index (χ4n) is 2.52. The van der Waals surface area contributed by atoms with Gasteiger partial charge in [-0.2, -0.15) is 0 Å². The molecule has 2 saturated carbocycles. The molecule has 2 rings (SSSR count). The van der Waals surface area contributed by atoms with E-state index in [1.165, 1.54) is 44.9 Å². The average molecular weight is 236 g/mol. The third-order valence-electron chi connectivity index (χ3n) is 3.85. The van der Waals surface area contributed by atoms with Crippen LogP contribution < -0.4 is 0 Å². The maximum absolute atomic E-state index is 11.4. The Morgan fingerprint density at radius 3 is 2.59 bits per heavy atom. The van der Waals surface area contributed by atoms with Gasteiger partial charge in [-0.05, 0) is 31.1 Å². The molecule has 0 heterocycles. The molecule has 96 valence electrons. The summed E-state index contributed by atoms with van der Waals surface area (Å²) in [6, 6.07) is 0. The van der Waals surface area contributed by atoms with Crippen molar-refractivity contribution in [1.82, 2.24) is 0 Å². The van der Waals surface area contributed by atoms with Crippen molar-refractivity contribution in [3.63, 3.8) is 0 Å². The van der Waals surface area contributed by atoms with Crippen molar-refractivity contribution >= 4 is 5.97 Å². The number of hydrogen-bond acceptors (Lipinski definition) is 2. The van der Waals surface area contributed by atoms with Crippen LogP contribution in [0.3, 0.4) is 0 Å². The molecule has 0 saturated heterocycles. The monoisotopic (exact) mass is 236 g/mol. The molecule has 2 fully saturated rings. The Kier molecular flexibility index (Phi) is 5.08. The summed E-state index contributed by atoms with van der Waals surface area (Å²) in [5.41, 5.74) is 0. The van der Waals surface area contributed by atoms with Crippen LogP contribution in [0.5, 0.6) is 0 Å². The quantitative estimate of drug-likeness (QED) is 0.517. The first-order chi connectivity index (χ1) is 8.34. The van der Waals surface area contributed by atoms with Gasteiger partial charge in [0, 0.05) is 6.42 Å². The molecule has 2 aliphatic rings. The van der Waals surface area contributed by atoms with Gasteiger partial charge in [-0.3, -0.25) is 4.79 Å². The van der Waals surface area contributed by atoms with Crippen LogP contribution >= 0.6 is 0 Å². The van der Waals surface area contributed by atoms with Gasteiger partial charge in [0.25, 0.3) is 0 Å². The molecular formula is C15H24O2. The summed E-state index contributed by atoms with van der Waals surface area (Å²) >= 11 is 0. The molecule has 0 aromatic rings. The average Bonchev–Trinajstić information content (AvgIpc) is 3.17. The van der Waals surface area contributed by atoms with Crippen LogP contribution in [0.15, 0.2) is 12.2 Å². The SMILES string of the molecule is O=C(CCC1CC1)OC/C=C/C1CCCCC1. The van der Waals surface area contributed by atoms with E-state index in [2.05, 4.69) is 6.08 Å². The Bertz CT molecular complexity index is 260. The molecular weight excluding hydrogens is 212 g/mol. The minimum atomic E-state index is -0.0230. The van der Waals surface area contributed by atoms with Gasteiger partial charge < -0.3 is 4.74 Å². The minimum absolute atomic E-state index is 0.0230. The molecule has 0 unspecified atom stereocenters. The smallest absolute Gasteiger partial charge is 0.306 e. The van der Waals surface area contributed by atoms with Gasteiger partial charge in [0.15, 0.2) is 0 Å². The highest BCUT2D eigenvalue weighted by molar-refractivity contribution is 5.69. The third-order valence-corrected chi connectivity index (χ3v) is 3.85. The van der Waals surface area contributed by atoms with Crippen molar-refractivity contribution in [2.24, 2.45) is 11.8 Å². The Morgan fingerprint density at radius 2 is 1.88 bits per heavy atom. The summed E-state index contributed by atoms with van der Waals surface area (Å²) in [6.45, 7) is 0.472. The molecule has 0 bridgehead atoms. The van der Waals surface area contributed by atoms with E-state index in [1.54, 1.807) is 0 Å². The summed E-state index contributed by atoms with van der Waals surface area (Å²) in [5, 5.41) is 0. The number of carbonyl (C=O) groups excluding carboxylic acids is 1. The predicted molar refractivity (Wildman–Crippen MR) is 68.6 cm³/mol. The van der Waals surface area contributed by atoms with E-state index < -0.39 is 0 Å². The molecule has 0 aromatic carbocycles. The number of hydrogen-bond donors (Lipinski definition) is 0. The largest absolute Gasteiger partial charge is 0.461 e. The first-order valence-corrected chi connectivity index (χ1v) is 7.17. The molecule has 2 aliphatic carbocycles. The van der Waals surface area contributed by atoms with E-state index in [-0.39, 0.29) is 5.97 Å². The second-order valence-corrected chi connectivity index (χ2v) is 5.49. The lowest BCUT2D eigenvalue weighted by atomic mass is 9.89. The summed E-state index contributed by atoms with van der Waals surface area (Å²) in [7, 11) is 0. The van der Waals surface area contributed by atoms with Crippen LogP contribution in [0, 0.1) is 11.8 Å². The lowest BCUT2D eigenvalue weighted by molar-refractivity contribution is -0.142. The normalized spacial score (nSPS) is 21.9. The molecule has 0 radical (unpaired) electrons. The fourth-order valence-corrected chi connectivity index (χ4v) is 2.52. The molecule has 0 amide bonds. The van der Waals surface area contributed by atoms with Crippen LogP contribution in [-0.4, -0.2) is 12.6 Å². The molecule has 17 heavy (non-hydrogen) atoms. The first-order valence-electron chi connectivity index (χ1n) is 7.17. The number of esters is 1. The highest BCUT2D eigenvalue weighted by Crippen LogP contribution is 2.33. The Labute approximate surface area is 104 Å². The zero-order valence-electron chi connectivity index (χ0n) is 10.7.